The molecule has 1 atom stereocenters. The summed E-state index contributed by atoms with van der Waals surface area (Å²) in [6.45, 7) is 4.36. The molecule has 3 aromatic rings. The minimum Gasteiger partial charge on any atom is -0.310 e. The van der Waals surface area contributed by atoms with Gasteiger partial charge in [0.25, 0.3) is 10.0 Å². The Morgan fingerprint density at radius 1 is 1.00 bits per heavy atom. The van der Waals surface area contributed by atoms with Gasteiger partial charge in [-0.25, -0.2) is 8.42 Å². The number of Topliss-reactive ketones (excluding diaryl/α,β-unsaturated/α-hetero) is 1. The molecule has 1 aliphatic rings. The molecule has 2 N–H and O–H groups in total. The van der Waals surface area contributed by atoms with Gasteiger partial charge in [0.2, 0.25) is 0 Å². The standard InChI is InChI=1S/C29H36N2O3S2/c1-21(18-23-10-5-3-4-6-11-23)30-20-26-12-7-8-15-27(26)31-36(33,34)29-17-16-28(35-29)25-14-9-13-24(19-25)22(2)32/h7-9,12-17,19,21,23,30-31H,3-6,10-11,18,20H2,1-2H3/t21-/m0/s1. The summed E-state index contributed by atoms with van der Waals surface area (Å²) >= 11 is 1.20. The van der Waals surface area contributed by atoms with Crippen molar-refractivity contribution >= 4 is 32.8 Å². The Kier molecular flexibility index (Phi) is 8.99. The van der Waals surface area contributed by atoms with E-state index >= 15 is 0 Å². The average Bonchev–Trinajstić information content (AvgIpc) is 3.24. The Labute approximate surface area is 219 Å². The quantitative estimate of drug-likeness (QED) is 0.216. The van der Waals surface area contributed by atoms with E-state index in [4.69, 9.17) is 0 Å². The number of sulfonamides is 1. The molecule has 0 saturated heterocycles. The molecule has 5 nitrogen and oxygen atoms in total. The molecule has 0 radical (unpaired) electrons. The maximum Gasteiger partial charge on any atom is 0.271 e. The fourth-order valence-electron chi connectivity index (χ4n) is 4.95. The molecule has 0 bridgehead atoms. The van der Waals surface area contributed by atoms with Crippen molar-refractivity contribution in [3.8, 4) is 10.4 Å². The van der Waals surface area contributed by atoms with E-state index in [1.165, 1.54) is 56.8 Å². The summed E-state index contributed by atoms with van der Waals surface area (Å²) < 4.78 is 29.5. The monoisotopic (exact) mass is 524 g/mol. The minimum absolute atomic E-state index is 0.0170. The van der Waals surface area contributed by atoms with Gasteiger partial charge in [-0.1, -0.05) is 74.9 Å². The van der Waals surface area contributed by atoms with Crippen molar-refractivity contribution < 1.29 is 13.2 Å². The van der Waals surface area contributed by atoms with Gasteiger partial charge in [0.05, 0.1) is 5.69 Å². The van der Waals surface area contributed by atoms with Crippen molar-refractivity contribution in [2.75, 3.05) is 4.72 Å². The lowest BCUT2D eigenvalue weighted by atomic mass is 9.93. The summed E-state index contributed by atoms with van der Waals surface area (Å²) in [4.78, 5) is 12.5. The fourth-order valence-corrected chi connectivity index (χ4v) is 7.35. The van der Waals surface area contributed by atoms with Crippen LogP contribution in [0.5, 0.6) is 0 Å². The second-order valence-corrected chi connectivity index (χ2v) is 12.9. The van der Waals surface area contributed by atoms with Gasteiger partial charge in [0, 0.05) is 23.0 Å². The molecule has 1 aromatic heterocycles. The van der Waals surface area contributed by atoms with Crippen molar-refractivity contribution in [1.29, 1.82) is 0 Å². The molecule has 1 saturated carbocycles. The van der Waals surface area contributed by atoms with Gasteiger partial charge in [0.1, 0.15) is 4.21 Å². The summed E-state index contributed by atoms with van der Waals surface area (Å²) in [6, 6.07) is 18.6. The lowest BCUT2D eigenvalue weighted by Crippen LogP contribution is -2.28. The first-order valence-corrected chi connectivity index (χ1v) is 15.2. The Balaban J connectivity index is 1.42. The predicted molar refractivity (Wildman–Crippen MR) is 149 cm³/mol. The Morgan fingerprint density at radius 2 is 1.75 bits per heavy atom. The van der Waals surface area contributed by atoms with Crippen molar-refractivity contribution in [1.82, 2.24) is 5.32 Å². The predicted octanol–water partition coefficient (Wildman–Crippen LogP) is 7.26. The molecule has 1 heterocycles. The van der Waals surface area contributed by atoms with Crippen molar-refractivity contribution in [3.05, 3.63) is 71.8 Å². The van der Waals surface area contributed by atoms with Crippen LogP contribution >= 0.6 is 11.3 Å². The van der Waals surface area contributed by atoms with Gasteiger partial charge >= 0.3 is 0 Å². The number of ketones is 1. The van der Waals surface area contributed by atoms with Crippen LogP contribution < -0.4 is 10.0 Å². The third-order valence-corrected chi connectivity index (χ3v) is 9.96. The van der Waals surface area contributed by atoms with Crippen LogP contribution in [0.15, 0.2) is 64.9 Å². The third-order valence-electron chi connectivity index (χ3n) is 6.96. The number of benzene rings is 2. The van der Waals surface area contributed by atoms with Gasteiger partial charge in [0.15, 0.2) is 5.78 Å². The maximum absolute atomic E-state index is 13.2. The molecule has 0 aliphatic heterocycles. The number of rotatable bonds is 10. The summed E-state index contributed by atoms with van der Waals surface area (Å²) in [5, 5.41) is 3.61. The first kappa shape index (κ1) is 26.6. The molecule has 2 aromatic carbocycles. The highest BCUT2D eigenvalue weighted by Crippen LogP contribution is 2.33. The Hall–Kier alpha value is -2.48. The van der Waals surface area contributed by atoms with E-state index < -0.39 is 10.0 Å². The molecule has 1 aliphatic carbocycles. The summed E-state index contributed by atoms with van der Waals surface area (Å²) in [5.74, 6) is 0.768. The highest BCUT2D eigenvalue weighted by atomic mass is 32.2. The molecule has 36 heavy (non-hydrogen) atoms. The van der Waals surface area contributed by atoms with Crippen LogP contribution in [0.25, 0.3) is 10.4 Å². The summed E-state index contributed by atoms with van der Waals surface area (Å²) in [5.41, 5.74) is 2.97. The number of hydrogen-bond donors (Lipinski definition) is 2. The first-order chi connectivity index (χ1) is 17.3. The molecule has 0 amide bonds. The van der Waals surface area contributed by atoms with Crippen molar-refractivity contribution in [2.24, 2.45) is 5.92 Å². The fraction of sp³-hybridized carbons (Fsp3) is 0.414. The van der Waals surface area contributed by atoms with Crippen LogP contribution in [-0.2, 0) is 16.6 Å². The van der Waals surface area contributed by atoms with E-state index in [0.717, 1.165) is 28.3 Å². The van der Waals surface area contributed by atoms with Crippen molar-refractivity contribution in [2.45, 2.75) is 75.6 Å². The lowest BCUT2D eigenvalue weighted by Gasteiger charge is -2.21. The van der Waals surface area contributed by atoms with E-state index in [1.807, 2.05) is 36.4 Å². The molecule has 0 unspecified atom stereocenters. The number of thiophene rings is 1. The molecular weight excluding hydrogens is 488 g/mol. The van der Waals surface area contributed by atoms with Crippen LogP contribution in [-0.4, -0.2) is 20.2 Å². The number of para-hydroxylation sites is 1. The van der Waals surface area contributed by atoms with Gasteiger partial charge in [-0.3, -0.25) is 9.52 Å². The van der Waals surface area contributed by atoms with Crippen LogP contribution in [0.4, 0.5) is 5.69 Å². The second-order valence-electron chi connectivity index (χ2n) is 9.89. The zero-order valence-corrected chi connectivity index (χ0v) is 22.8. The topological polar surface area (TPSA) is 75.3 Å². The number of carbonyl (C=O) groups excluding carboxylic acids is 1. The molecule has 192 valence electrons. The SMILES string of the molecule is CC(=O)c1cccc(-c2ccc(S(=O)(=O)Nc3ccccc3CN[C@@H](C)CC3CCCCCC3)s2)c1. The Bertz CT molecular complexity index is 1270. The van der Waals surface area contributed by atoms with E-state index in [1.54, 1.807) is 24.3 Å². The number of hydrogen-bond acceptors (Lipinski definition) is 5. The van der Waals surface area contributed by atoms with Crippen LogP contribution in [0, 0.1) is 5.92 Å². The van der Waals surface area contributed by atoms with Crippen LogP contribution in [0.1, 0.15) is 74.7 Å². The summed E-state index contributed by atoms with van der Waals surface area (Å²) in [7, 11) is -3.74. The number of carbonyl (C=O) groups is 1. The van der Waals surface area contributed by atoms with Gasteiger partial charge in [-0.15, -0.1) is 11.3 Å². The molecule has 4 rings (SSSR count). The maximum atomic E-state index is 13.2. The van der Waals surface area contributed by atoms with Crippen LogP contribution in [0.3, 0.4) is 0 Å². The van der Waals surface area contributed by atoms with Crippen LogP contribution in [0.2, 0.25) is 0 Å². The highest BCUT2D eigenvalue weighted by Gasteiger charge is 2.20. The second kappa shape index (κ2) is 12.2. The molecule has 0 spiro atoms. The largest absolute Gasteiger partial charge is 0.310 e. The normalized spacial score (nSPS) is 15.8. The smallest absolute Gasteiger partial charge is 0.271 e. The summed E-state index contributed by atoms with van der Waals surface area (Å²) in [6.07, 6.45) is 9.22. The van der Waals surface area contributed by atoms with E-state index in [2.05, 4.69) is 17.0 Å². The number of anilines is 1. The van der Waals surface area contributed by atoms with Gasteiger partial charge in [-0.05, 0) is 61.6 Å². The van der Waals surface area contributed by atoms with Crippen molar-refractivity contribution in [3.63, 3.8) is 0 Å². The highest BCUT2D eigenvalue weighted by molar-refractivity contribution is 7.94. The van der Waals surface area contributed by atoms with Gasteiger partial charge < -0.3 is 5.32 Å². The zero-order valence-electron chi connectivity index (χ0n) is 21.1. The molecule has 1 fully saturated rings. The van der Waals surface area contributed by atoms with E-state index in [-0.39, 0.29) is 9.99 Å². The van der Waals surface area contributed by atoms with E-state index in [9.17, 15) is 13.2 Å². The average molecular weight is 525 g/mol. The first-order valence-electron chi connectivity index (χ1n) is 12.9. The third kappa shape index (κ3) is 7.05. The van der Waals surface area contributed by atoms with E-state index in [0.29, 0.717) is 23.8 Å². The number of nitrogens with one attached hydrogen (secondary N) is 2. The zero-order chi connectivity index (χ0) is 25.5. The van der Waals surface area contributed by atoms with Gasteiger partial charge in [-0.2, -0.15) is 0 Å². The minimum atomic E-state index is -3.74. The Morgan fingerprint density at radius 3 is 2.50 bits per heavy atom. The molecule has 7 heteroatoms. The lowest BCUT2D eigenvalue weighted by molar-refractivity contribution is 0.101. The molecular formula is C29H36N2O3S2.